The van der Waals surface area contributed by atoms with Crippen molar-refractivity contribution >= 4 is 5.82 Å². The molecule has 0 atom stereocenters. The van der Waals surface area contributed by atoms with Crippen LogP contribution in [0.4, 0.5) is 5.82 Å². The summed E-state index contributed by atoms with van der Waals surface area (Å²) in [6.45, 7) is 6.11. The summed E-state index contributed by atoms with van der Waals surface area (Å²) in [5, 5.41) is 0. The van der Waals surface area contributed by atoms with Gasteiger partial charge in [-0.3, -0.25) is 4.98 Å². The molecule has 4 nitrogen and oxygen atoms in total. The molecule has 0 saturated carbocycles. The summed E-state index contributed by atoms with van der Waals surface area (Å²) in [7, 11) is 0. The van der Waals surface area contributed by atoms with Crippen LogP contribution < -0.4 is 10.6 Å². The lowest BCUT2D eigenvalue weighted by molar-refractivity contribution is 0.763. The number of nitrogens with two attached hydrogens (primary N) is 1. The van der Waals surface area contributed by atoms with Gasteiger partial charge in [0, 0.05) is 25.8 Å². The van der Waals surface area contributed by atoms with Gasteiger partial charge in [-0.25, -0.2) is 4.98 Å². The Labute approximate surface area is 114 Å². The number of benzene rings is 1. The van der Waals surface area contributed by atoms with Gasteiger partial charge in [-0.1, -0.05) is 30.3 Å². The summed E-state index contributed by atoms with van der Waals surface area (Å²) < 4.78 is 0. The van der Waals surface area contributed by atoms with Gasteiger partial charge in [-0.2, -0.15) is 0 Å². The maximum absolute atomic E-state index is 5.72. The lowest BCUT2D eigenvalue weighted by Gasteiger charge is -2.24. The van der Waals surface area contributed by atoms with Crippen molar-refractivity contribution in [3.63, 3.8) is 0 Å². The third-order valence-electron chi connectivity index (χ3n) is 2.97. The fourth-order valence-corrected chi connectivity index (χ4v) is 2.04. The van der Waals surface area contributed by atoms with Crippen molar-refractivity contribution in [1.82, 2.24) is 9.97 Å². The van der Waals surface area contributed by atoms with Crippen molar-refractivity contribution in [2.24, 2.45) is 5.73 Å². The van der Waals surface area contributed by atoms with Gasteiger partial charge in [0.05, 0.1) is 11.4 Å². The summed E-state index contributed by atoms with van der Waals surface area (Å²) >= 11 is 0. The molecule has 0 radical (unpaired) electrons. The van der Waals surface area contributed by atoms with E-state index in [9.17, 15) is 0 Å². The molecule has 0 aliphatic rings. The standard InChI is InChI=1S/C15H20N4/c1-12-10-17-13(2)15(18-12)19(9-8-16)11-14-6-4-3-5-7-14/h3-7,10H,8-9,11,16H2,1-2H3. The van der Waals surface area contributed by atoms with Crippen LogP contribution in [0.2, 0.25) is 0 Å². The maximum atomic E-state index is 5.72. The first kappa shape index (κ1) is 13.5. The van der Waals surface area contributed by atoms with E-state index in [1.165, 1.54) is 5.56 Å². The van der Waals surface area contributed by atoms with Crippen LogP contribution in [-0.2, 0) is 6.54 Å². The van der Waals surface area contributed by atoms with Crippen molar-refractivity contribution < 1.29 is 0 Å². The average molecular weight is 256 g/mol. The van der Waals surface area contributed by atoms with E-state index in [2.05, 4.69) is 27.0 Å². The molecule has 100 valence electrons. The van der Waals surface area contributed by atoms with Gasteiger partial charge in [0.15, 0.2) is 5.82 Å². The number of rotatable bonds is 5. The van der Waals surface area contributed by atoms with Crippen molar-refractivity contribution in [3.05, 3.63) is 53.5 Å². The fraction of sp³-hybridized carbons (Fsp3) is 0.333. The Morgan fingerprint density at radius 3 is 2.58 bits per heavy atom. The van der Waals surface area contributed by atoms with E-state index < -0.39 is 0 Å². The van der Waals surface area contributed by atoms with Gasteiger partial charge >= 0.3 is 0 Å². The summed E-state index contributed by atoms with van der Waals surface area (Å²) in [6, 6.07) is 10.3. The molecule has 0 amide bonds. The molecule has 0 aliphatic carbocycles. The highest BCUT2D eigenvalue weighted by Gasteiger charge is 2.12. The zero-order valence-corrected chi connectivity index (χ0v) is 11.5. The first-order valence-electron chi connectivity index (χ1n) is 6.50. The third kappa shape index (κ3) is 3.51. The average Bonchev–Trinajstić information content (AvgIpc) is 2.42. The van der Waals surface area contributed by atoms with Crippen molar-refractivity contribution in [3.8, 4) is 0 Å². The Morgan fingerprint density at radius 2 is 1.89 bits per heavy atom. The summed E-state index contributed by atoms with van der Waals surface area (Å²) in [5.41, 5.74) is 8.83. The normalized spacial score (nSPS) is 10.5. The molecule has 0 aliphatic heterocycles. The smallest absolute Gasteiger partial charge is 0.150 e. The molecular weight excluding hydrogens is 236 g/mol. The molecule has 2 aromatic rings. The molecule has 2 N–H and O–H groups in total. The van der Waals surface area contributed by atoms with Crippen LogP contribution >= 0.6 is 0 Å². The van der Waals surface area contributed by atoms with Gasteiger partial charge in [0.2, 0.25) is 0 Å². The number of hydrogen-bond donors (Lipinski definition) is 1. The minimum Gasteiger partial charge on any atom is -0.350 e. The minimum atomic E-state index is 0.599. The second kappa shape index (κ2) is 6.29. The van der Waals surface area contributed by atoms with Gasteiger partial charge in [-0.15, -0.1) is 0 Å². The molecule has 1 aromatic carbocycles. The van der Waals surface area contributed by atoms with Gasteiger partial charge in [-0.05, 0) is 19.4 Å². The van der Waals surface area contributed by atoms with E-state index in [4.69, 9.17) is 5.73 Å². The Balaban J connectivity index is 2.27. The molecule has 0 unspecified atom stereocenters. The largest absolute Gasteiger partial charge is 0.350 e. The summed E-state index contributed by atoms with van der Waals surface area (Å²) in [5.74, 6) is 0.925. The van der Waals surface area contributed by atoms with E-state index in [1.54, 1.807) is 6.20 Å². The van der Waals surface area contributed by atoms with Gasteiger partial charge in [0.25, 0.3) is 0 Å². The van der Waals surface area contributed by atoms with Gasteiger partial charge in [0.1, 0.15) is 0 Å². The number of aromatic nitrogens is 2. The van der Waals surface area contributed by atoms with Crippen LogP contribution in [-0.4, -0.2) is 23.1 Å². The van der Waals surface area contributed by atoms with E-state index in [1.807, 2.05) is 32.0 Å². The molecule has 1 aromatic heterocycles. The number of hydrogen-bond acceptors (Lipinski definition) is 4. The summed E-state index contributed by atoms with van der Waals surface area (Å²) in [4.78, 5) is 11.2. The van der Waals surface area contributed by atoms with Gasteiger partial charge < -0.3 is 10.6 Å². The van der Waals surface area contributed by atoms with E-state index >= 15 is 0 Å². The Bertz CT molecular complexity index is 525. The lowest BCUT2D eigenvalue weighted by Crippen LogP contribution is -2.30. The molecule has 0 spiro atoms. The van der Waals surface area contributed by atoms with Crippen LogP contribution in [0.25, 0.3) is 0 Å². The highest BCUT2D eigenvalue weighted by molar-refractivity contribution is 5.44. The first-order valence-corrected chi connectivity index (χ1v) is 6.50. The first-order chi connectivity index (χ1) is 9.20. The lowest BCUT2D eigenvalue weighted by atomic mass is 10.2. The Hall–Kier alpha value is -1.94. The number of anilines is 1. The highest BCUT2D eigenvalue weighted by Crippen LogP contribution is 2.17. The highest BCUT2D eigenvalue weighted by atomic mass is 15.2. The Morgan fingerprint density at radius 1 is 1.16 bits per heavy atom. The quantitative estimate of drug-likeness (QED) is 0.889. The molecule has 2 rings (SSSR count). The predicted molar refractivity (Wildman–Crippen MR) is 78.1 cm³/mol. The van der Waals surface area contributed by atoms with Crippen LogP contribution in [0.1, 0.15) is 17.0 Å². The minimum absolute atomic E-state index is 0.599. The molecule has 4 heteroatoms. The van der Waals surface area contributed by atoms with Crippen molar-refractivity contribution in [2.45, 2.75) is 20.4 Å². The number of nitrogens with zero attached hydrogens (tertiary/aromatic N) is 3. The zero-order chi connectivity index (χ0) is 13.7. The molecule has 0 bridgehead atoms. The van der Waals surface area contributed by atoms with Crippen LogP contribution in [0.15, 0.2) is 36.5 Å². The predicted octanol–water partition coefficient (Wildman–Crippen LogP) is 2.06. The summed E-state index contributed by atoms with van der Waals surface area (Å²) in [6.07, 6.45) is 1.79. The van der Waals surface area contributed by atoms with Crippen LogP contribution in [0.5, 0.6) is 0 Å². The van der Waals surface area contributed by atoms with Crippen molar-refractivity contribution in [2.75, 3.05) is 18.0 Å². The molecule has 19 heavy (non-hydrogen) atoms. The molecule has 0 fully saturated rings. The third-order valence-corrected chi connectivity index (χ3v) is 2.97. The zero-order valence-electron chi connectivity index (χ0n) is 11.5. The second-order valence-corrected chi connectivity index (χ2v) is 4.62. The number of aryl methyl sites for hydroxylation is 2. The molecule has 0 saturated heterocycles. The second-order valence-electron chi connectivity index (χ2n) is 4.62. The SMILES string of the molecule is Cc1cnc(C)c(N(CCN)Cc2ccccc2)n1. The van der Waals surface area contributed by atoms with E-state index in [0.29, 0.717) is 6.54 Å². The van der Waals surface area contributed by atoms with Crippen LogP contribution in [0.3, 0.4) is 0 Å². The van der Waals surface area contributed by atoms with E-state index in [-0.39, 0.29) is 0 Å². The monoisotopic (exact) mass is 256 g/mol. The van der Waals surface area contributed by atoms with Crippen LogP contribution in [0, 0.1) is 13.8 Å². The molecule has 1 heterocycles. The van der Waals surface area contributed by atoms with Crippen molar-refractivity contribution in [1.29, 1.82) is 0 Å². The maximum Gasteiger partial charge on any atom is 0.150 e. The topological polar surface area (TPSA) is 55.0 Å². The van der Waals surface area contributed by atoms with E-state index in [0.717, 1.165) is 30.3 Å². The molecular formula is C15H20N4. The Kier molecular flexibility index (Phi) is 4.47. The fourth-order valence-electron chi connectivity index (χ4n) is 2.04.